The Hall–Kier alpha value is -0.163. The van der Waals surface area contributed by atoms with Crippen molar-refractivity contribution < 1.29 is 13.3 Å². The van der Waals surface area contributed by atoms with Crippen LogP contribution in [0, 0.1) is 0 Å². The standard InChI is InChI=1S/C14H28O3Si/c1-5-15-18(16-6-2,17-7-3)13(4)14-11-9-8-10-12-14/h11,13H,5-10,12H2,1-4H3. The van der Waals surface area contributed by atoms with E-state index >= 15 is 0 Å². The van der Waals surface area contributed by atoms with E-state index in [1.165, 1.54) is 31.3 Å². The summed E-state index contributed by atoms with van der Waals surface area (Å²) in [4.78, 5) is 0. The maximum atomic E-state index is 5.98. The van der Waals surface area contributed by atoms with Crippen LogP contribution < -0.4 is 0 Å². The van der Waals surface area contributed by atoms with Crippen molar-refractivity contribution >= 4 is 8.80 Å². The van der Waals surface area contributed by atoms with Crippen LogP contribution >= 0.6 is 0 Å². The van der Waals surface area contributed by atoms with E-state index in [9.17, 15) is 0 Å². The maximum Gasteiger partial charge on any atom is 0.508 e. The van der Waals surface area contributed by atoms with E-state index in [0.29, 0.717) is 19.8 Å². The van der Waals surface area contributed by atoms with Gasteiger partial charge in [-0.05, 0) is 46.5 Å². The fraction of sp³-hybridized carbons (Fsp3) is 0.857. The normalized spacial score (nSPS) is 18.6. The van der Waals surface area contributed by atoms with E-state index in [-0.39, 0.29) is 5.54 Å². The topological polar surface area (TPSA) is 27.7 Å². The van der Waals surface area contributed by atoms with E-state index in [0.717, 1.165) is 0 Å². The minimum Gasteiger partial charge on any atom is -0.373 e. The number of allylic oxidation sites excluding steroid dienone is 2. The van der Waals surface area contributed by atoms with Gasteiger partial charge in [0, 0.05) is 25.4 Å². The van der Waals surface area contributed by atoms with Crippen molar-refractivity contribution in [2.24, 2.45) is 0 Å². The molecule has 0 spiro atoms. The summed E-state index contributed by atoms with van der Waals surface area (Å²) in [6.45, 7) is 10.2. The zero-order chi connectivity index (χ0) is 13.4. The molecule has 0 saturated heterocycles. The van der Waals surface area contributed by atoms with Gasteiger partial charge < -0.3 is 13.3 Å². The molecule has 0 aliphatic heterocycles. The molecule has 0 aromatic rings. The van der Waals surface area contributed by atoms with Crippen LogP contribution in [-0.2, 0) is 13.3 Å². The molecule has 4 heteroatoms. The predicted molar refractivity (Wildman–Crippen MR) is 76.6 cm³/mol. The van der Waals surface area contributed by atoms with Gasteiger partial charge in [0.1, 0.15) is 0 Å². The van der Waals surface area contributed by atoms with Crippen LogP contribution in [0.1, 0.15) is 53.4 Å². The second-order valence-corrected chi connectivity index (χ2v) is 7.59. The molecule has 0 radical (unpaired) electrons. The molecule has 106 valence electrons. The second kappa shape index (κ2) is 8.10. The molecule has 0 N–H and O–H groups in total. The Kier molecular flexibility index (Phi) is 7.15. The van der Waals surface area contributed by atoms with Crippen molar-refractivity contribution in [3.63, 3.8) is 0 Å². The van der Waals surface area contributed by atoms with Crippen LogP contribution in [0.25, 0.3) is 0 Å². The van der Waals surface area contributed by atoms with E-state index in [1.807, 2.05) is 20.8 Å². The maximum absolute atomic E-state index is 5.98. The Morgan fingerprint density at radius 1 is 1.06 bits per heavy atom. The first kappa shape index (κ1) is 15.9. The largest absolute Gasteiger partial charge is 0.508 e. The summed E-state index contributed by atoms with van der Waals surface area (Å²) < 4.78 is 17.9. The highest BCUT2D eigenvalue weighted by Crippen LogP contribution is 2.37. The Labute approximate surface area is 113 Å². The lowest BCUT2D eigenvalue weighted by atomic mass is 9.98. The van der Waals surface area contributed by atoms with Gasteiger partial charge in [-0.1, -0.05) is 18.6 Å². The van der Waals surface area contributed by atoms with Crippen molar-refractivity contribution in [3.8, 4) is 0 Å². The average Bonchev–Trinajstić information content (AvgIpc) is 2.39. The lowest BCUT2D eigenvalue weighted by Crippen LogP contribution is -2.50. The first-order valence-corrected chi connectivity index (χ1v) is 9.11. The van der Waals surface area contributed by atoms with Gasteiger partial charge in [0.05, 0.1) is 0 Å². The van der Waals surface area contributed by atoms with Crippen LogP contribution in [0.2, 0.25) is 5.54 Å². The Morgan fingerprint density at radius 2 is 1.61 bits per heavy atom. The molecule has 0 aromatic carbocycles. The summed E-state index contributed by atoms with van der Waals surface area (Å²) in [7, 11) is -2.55. The molecule has 1 aliphatic rings. The Bertz CT molecular complexity index is 249. The smallest absolute Gasteiger partial charge is 0.373 e. The van der Waals surface area contributed by atoms with Crippen LogP contribution in [0.5, 0.6) is 0 Å². The van der Waals surface area contributed by atoms with Crippen molar-refractivity contribution in [2.45, 2.75) is 58.9 Å². The molecule has 1 atom stereocenters. The quantitative estimate of drug-likeness (QED) is 0.495. The fourth-order valence-electron chi connectivity index (χ4n) is 2.59. The summed E-state index contributed by atoms with van der Waals surface area (Å²) in [5, 5.41) is 0. The van der Waals surface area contributed by atoms with Gasteiger partial charge in [0.15, 0.2) is 0 Å². The van der Waals surface area contributed by atoms with Crippen LogP contribution in [0.3, 0.4) is 0 Å². The monoisotopic (exact) mass is 272 g/mol. The average molecular weight is 272 g/mol. The van der Waals surface area contributed by atoms with Crippen molar-refractivity contribution in [1.29, 1.82) is 0 Å². The van der Waals surface area contributed by atoms with Crippen LogP contribution in [0.4, 0.5) is 0 Å². The van der Waals surface area contributed by atoms with Gasteiger partial charge in [-0.15, -0.1) is 0 Å². The number of hydrogen-bond acceptors (Lipinski definition) is 3. The van der Waals surface area contributed by atoms with Crippen molar-refractivity contribution in [2.75, 3.05) is 19.8 Å². The van der Waals surface area contributed by atoms with E-state index in [4.69, 9.17) is 13.3 Å². The van der Waals surface area contributed by atoms with Gasteiger partial charge in [-0.2, -0.15) is 0 Å². The number of hydrogen-bond donors (Lipinski definition) is 0. The summed E-state index contributed by atoms with van der Waals surface area (Å²) in [5.74, 6) is 0. The first-order valence-electron chi connectivity index (χ1n) is 7.30. The number of rotatable bonds is 8. The van der Waals surface area contributed by atoms with Gasteiger partial charge >= 0.3 is 8.80 Å². The van der Waals surface area contributed by atoms with Gasteiger partial charge in [-0.25, -0.2) is 0 Å². The zero-order valence-corrected chi connectivity index (χ0v) is 13.3. The highest BCUT2D eigenvalue weighted by atomic mass is 28.4. The molecule has 0 amide bonds. The first-order chi connectivity index (χ1) is 8.70. The molecule has 18 heavy (non-hydrogen) atoms. The molecule has 1 aliphatic carbocycles. The van der Waals surface area contributed by atoms with Gasteiger partial charge in [0.2, 0.25) is 0 Å². The minimum atomic E-state index is -2.55. The van der Waals surface area contributed by atoms with Crippen molar-refractivity contribution in [1.82, 2.24) is 0 Å². The van der Waals surface area contributed by atoms with Crippen LogP contribution in [-0.4, -0.2) is 28.6 Å². The molecule has 0 heterocycles. The summed E-state index contributed by atoms with van der Waals surface area (Å²) >= 11 is 0. The summed E-state index contributed by atoms with van der Waals surface area (Å²) in [5.41, 5.74) is 1.76. The third kappa shape index (κ3) is 3.92. The molecule has 0 fully saturated rings. The lowest BCUT2D eigenvalue weighted by molar-refractivity contribution is 0.0653. The Morgan fingerprint density at radius 3 is 2.00 bits per heavy atom. The molecule has 1 rings (SSSR count). The lowest BCUT2D eigenvalue weighted by Gasteiger charge is -2.35. The van der Waals surface area contributed by atoms with Crippen LogP contribution in [0.15, 0.2) is 11.6 Å². The summed E-state index contributed by atoms with van der Waals surface area (Å²) in [6.07, 6.45) is 7.32. The second-order valence-electron chi connectivity index (χ2n) is 4.65. The molecular formula is C14H28O3Si. The van der Waals surface area contributed by atoms with E-state index in [2.05, 4.69) is 13.0 Å². The van der Waals surface area contributed by atoms with Gasteiger partial charge in [-0.3, -0.25) is 0 Å². The summed E-state index contributed by atoms with van der Waals surface area (Å²) in [6, 6.07) is 0. The van der Waals surface area contributed by atoms with Gasteiger partial charge in [0.25, 0.3) is 0 Å². The predicted octanol–water partition coefficient (Wildman–Crippen LogP) is 3.93. The highest BCUT2D eigenvalue weighted by Gasteiger charge is 2.48. The molecule has 0 bridgehead atoms. The fourth-order valence-corrected chi connectivity index (χ4v) is 5.51. The highest BCUT2D eigenvalue weighted by molar-refractivity contribution is 6.63. The zero-order valence-electron chi connectivity index (χ0n) is 12.3. The molecule has 0 aromatic heterocycles. The SMILES string of the molecule is CCO[Si](OCC)(OCC)C(C)C1=CCCCC1. The molecule has 0 saturated carbocycles. The van der Waals surface area contributed by atoms with E-state index < -0.39 is 8.80 Å². The van der Waals surface area contributed by atoms with Crippen molar-refractivity contribution in [3.05, 3.63) is 11.6 Å². The third-order valence-electron chi connectivity index (χ3n) is 3.45. The molecule has 1 unspecified atom stereocenters. The minimum absolute atomic E-state index is 0.289. The third-order valence-corrected chi connectivity index (χ3v) is 6.95. The molecular weight excluding hydrogens is 244 g/mol. The molecule has 3 nitrogen and oxygen atoms in total. The Balaban J connectivity index is 2.87. The van der Waals surface area contributed by atoms with E-state index in [1.54, 1.807) is 0 Å².